The van der Waals surface area contributed by atoms with Crippen LogP contribution in [0.5, 0.6) is 0 Å². The van der Waals surface area contributed by atoms with E-state index in [2.05, 4.69) is 38.0 Å². The molecule has 0 radical (unpaired) electrons. The van der Waals surface area contributed by atoms with E-state index in [9.17, 15) is 0 Å². The standard InChI is InChI=1S/C17H35N3O2.HI/c1-5-18-17(19-10-6-12-22-15(2)3)20(4)11-7-16-8-13-21-14-9-16;/h15-16H,5-14H2,1-4H3,(H,18,19);1H. The highest BCUT2D eigenvalue weighted by molar-refractivity contribution is 14.0. The molecule has 0 amide bonds. The average molecular weight is 441 g/mol. The van der Waals surface area contributed by atoms with E-state index in [1.165, 1.54) is 19.3 Å². The first kappa shape index (κ1) is 22.9. The third-order valence-corrected chi connectivity index (χ3v) is 3.93. The van der Waals surface area contributed by atoms with E-state index in [1.54, 1.807) is 0 Å². The van der Waals surface area contributed by atoms with Crippen LogP contribution in [0.3, 0.4) is 0 Å². The van der Waals surface area contributed by atoms with Crippen LogP contribution >= 0.6 is 24.0 Å². The summed E-state index contributed by atoms with van der Waals surface area (Å²) in [7, 11) is 2.13. The Kier molecular flexibility index (Phi) is 14.2. The van der Waals surface area contributed by atoms with Crippen LogP contribution in [0.4, 0.5) is 0 Å². The van der Waals surface area contributed by atoms with Gasteiger partial charge in [-0.2, -0.15) is 0 Å². The van der Waals surface area contributed by atoms with Crippen molar-refractivity contribution in [3.63, 3.8) is 0 Å². The number of aliphatic imine (C=N–C) groups is 1. The number of ether oxygens (including phenoxy) is 2. The lowest BCUT2D eigenvalue weighted by Crippen LogP contribution is -2.40. The fraction of sp³-hybridized carbons (Fsp3) is 0.941. The molecule has 1 N–H and O–H groups in total. The maximum atomic E-state index is 5.56. The number of nitrogens with zero attached hydrogens (tertiary/aromatic N) is 2. The predicted molar refractivity (Wildman–Crippen MR) is 108 cm³/mol. The molecule has 0 aromatic rings. The molecular weight excluding hydrogens is 405 g/mol. The quantitative estimate of drug-likeness (QED) is 0.259. The van der Waals surface area contributed by atoms with E-state index in [1.807, 2.05) is 0 Å². The van der Waals surface area contributed by atoms with E-state index in [0.717, 1.165) is 57.8 Å². The Balaban J connectivity index is 0.00000484. The van der Waals surface area contributed by atoms with Crippen LogP contribution in [0.25, 0.3) is 0 Å². The average Bonchev–Trinajstić information content (AvgIpc) is 2.52. The molecule has 0 unspecified atom stereocenters. The Morgan fingerprint density at radius 1 is 1.35 bits per heavy atom. The van der Waals surface area contributed by atoms with E-state index in [0.29, 0.717) is 6.10 Å². The summed E-state index contributed by atoms with van der Waals surface area (Å²) >= 11 is 0. The molecule has 1 fully saturated rings. The van der Waals surface area contributed by atoms with Crippen molar-refractivity contribution in [2.45, 2.75) is 52.6 Å². The molecule has 138 valence electrons. The molecule has 23 heavy (non-hydrogen) atoms. The van der Waals surface area contributed by atoms with Gasteiger partial charge in [0.15, 0.2) is 5.96 Å². The molecule has 1 heterocycles. The Labute approximate surface area is 159 Å². The number of rotatable bonds is 9. The summed E-state index contributed by atoms with van der Waals surface area (Å²) in [6, 6.07) is 0. The minimum Gasteiger partial charge on any atom is -0.381 e. The second-order valence-corrected chi connectivity index (χ2v) is 6.27. The lowest BCUT2D eigenvalue weighted by Gasteiger charge is -2.26. The third-order valence-electron chi connectivity index (χ3n) is 3.93. The van der Waals surface area contributed by atoms with Gasteiger partial charge in [-0.15, -0.1) is 24.0 Å². The summed E-state index contributed by atoms with van der Waals surface area (Å²) in [5, 5.41) is 3.38. The smallest absolute Gasteiger partial charge is 0.193 e. The van der Waals surface area contributed by atoms with Gasteiger partial charge in [-0.3, -0.25) is 4.99 Å². The molecule has 0 bridgehead atoms. The first-order valence-corrected chi connectivity index (χ1v) is 8.82. The Hall–Kier alpha value is -0.0800. The number of halogens is 1. The summed E-state index contributed by atoms with van der Waals surface area (Å²) < 4.78 is 11.0. The first-order chi connectivity index (χ1) is 10.6. The van der Waals surface area contributed by atoms with E-state index in [4.69, 9.17) is 14.5 Å². The number of hydrogen-bond donors (Lipinski definition) is 1. The van der Waals surface area contributed by atoms with Crippen LogP contribution < -0.4 is 5.32 Å². The summed E-state index contributed by atoms with van der Waals surface area (Å²) in [4.78, 5) is 6.95. The molecule has 1 aliphatic rings. The van der Waals surface area contributed by atoms with Crippen LogP contribution in [-0.2, 0) is 9.47 Å². The molecule has 1 saturated heterocycles. The van der Waals surface area contributed by atoms with Crippen LogP contribution in [0.2, 0.25) is 0 Å². The topological polar surface area (TPSA) is 46.1 Å². The predicted octanol–water partition coefficient (Wildman–Crippen LogP) is 3.13. The van der Waals surface area contributed by atoms with Gasteiger partial charge in [0, 0.05) is 46.5 Å². The molecule has 6 heteroatoms. The Bertz CT molecular complexity index is 308. The highest BCUT2D eigenvalue weighted by Gasteiger charge is 2.15. The fourth-order valence-corrected chi connectivity index (χ4v) is 2.56. The van der Waals surface area contributed by atoms with Crippen molar-refractivity contribution in [1.82, 2.24) is 10.2 Å². The summed E-state index contributed by atoms with van der Waals surface area (Å²) in [6.07, 6.45) is 4.91. The fourth-order valence-electron chi connectivity index (χ4n) is 2.56. The van der Waals surface area contributed by atoms with E-state index < -0.39 is 0 Å². The van der Waals surface area contributed by atoms with Gasteiger partial charge in [0.2, 0.25) is 0 Å². The van der Waals surface area contributed by atoms with Crippen LogP contribution in [0.1, 0.15) is 46.5 Å². The molecule has 0 aliphatic carbocycles. The molecule has 1 aliphatic heterocycles. The van der Waals surface area contributed by atoms with Crippen LogP contribution in [0.15, 0.2) is 4.99 Å². The van der Waals surface area contributed by atoms with Crippen molar-refractivity contribution in [3.05, 3.63) is 0 Å². The Morgan fingerprint density at radius 3 is 2.65 bits per heavy atom. The monoisotopic (exact) mass is 441 g/mol. The van der Waals surface area contributed by atoms with E-state index in [-0.39, 0.29) is 24.0 Å². The molecule has 0 aromatic heterocycles. The van der Waals surface area contributed by atoms with E-state index >= 15 is 0 Å². The van der Waals surface area contributed by atoms with Gasteiger partial charge in [0.1, 0.15) is 0 Å². The molecule has 0 saturated carbocycles. The molecule has 0 aromatic carbocycles. The zero-order chi connectivity index (χ0) is 16.2. The van der Waals surface area contributed by atoms with Gasteiger partial charge in [-0.1, -0.05) is 0 Å². The minimum atomic E-state index is 0. The van der Waals surface area contributed by atoms with Crippen molar-refractivity contribution < 1.29 is 9.47 Å². The van der Waals surface area contributed by atoms with Crippen molar-refractivity contribution in [1.29, 1.82) is 0 Å². The lowest BCUT2D eigenvalue weighted by atomic mass is 9.96. The first-order valence-electron chi connectivity index (χ1n) is 8.82. The van der Waals surface area contributed by atoms with Crippen molar-refractivity contribution in [3.8, 4) is 0 Å². The summed E-state index contributed by atoms with van der Waals surface area (Å²) in [5.74, 6) is 1.82. The van der Waals surface area contributed by atoms with Crippen LogP contribution in [-0.4, -0.2) is 63.5 Å². The molecule has 1 rings (SSSR count). The minimum absolute atomic E-state index is 0. The highest BCUT2D eigenvalue weighted by Crippen LogP contribution is 2.18. The van der Waals surface area contributed by atoms with Gasteiger partial charge < -0.3 is 19.7 Å². The second kappa shape index (κ2) is 14.3. The largest absolute Gasteiger partial charge is 0.381 e. The second-order valence-electron chi connectivity index (χ2n) is 6.27. The van der Waals surface area contributed by atoms with Crippen molar-refractivity contribution in [2.24, 2.45) is 10.9 Å². The zero-order valence-electron chi connectivity index (χ0n) is 15.3. The number of nitrogens with one attached hydrogen (secondary N) is 1. The van der Waals surface area contributed by atoms with Crippen LogP contribution in [0, 0.1) is 5.92 Å². The highest BCUT2D eigenvalue weighted by atomic mass is 127. The molecule has 0 atom stereocenters. The number of guanidine groups is 1. The van der Waals surface area contributed by atoms with Gasteiger partial charge >= 0.3 is 0 Å². The number of hydrogen-bond acceptors (Lipinski definition) is 3. The normalized spacial score (nSPS) is 16.3. The maximum Gasteiger partial charge on any atom is 0.193 e. The van der Waals surface area contributed by atoms with Gasteiger partial charge in [0.25, 0.3) is 0 Å². The summed E-state index contributed by atoms with van der Waals surface area (Å²) in [6.45, 7) is 11.7. The molecular formula is C17H36IN3O2. The third kappa shape index (κ3) is 11.2. The maximum absolute atomic E-state index is 5.56. The van der Waals surface area contributed by atoms with Gasteiger partial charge in [0.05, 0.1) is 6.10 Å². The molecule has 0 spiro atoms. The molecule has 5 nitrogen and oxygen atoms in total. The zero-order valence-corrected chi connectivity index (χ0v) is 17.7. The van der Waals surface area contributed by atoms with Crippen molar-refractivity contribution in [2.75, 3.05) is 46.5 Å². The lowest BCUT2D eigenvalue weighted by molar-refractivity contribution is 0.0625. The SMILES string of the molecule is CCNC(=NCCCOC(C)C)N(C)CCC1CCOCC1.I. The summed E-state index contributed by atoms with van der Waals surface area (Å²) in [5.41, 5.74) is 0. The Morgan fingerprint density at radius 2 is 2.04 bits per heavy atom. The van der Waals surface area contributed by atoms with Gasteiger partial charge in [-0.05, 0) is 52.4 Å². The van der Waals surface area contributed by atoms with Crippen molar-refractivity contribution >= 4 is 29.9 Å². The van der Waals surface area contributed by atoms with Gasteiger partial charge in [-0.25, -0.2) is 0 Å².